The minimum atomic E-state index is 0.523. The van der Waals surface area contributed by atoms with E-state index in [1.807, 2.05) is 7.11 Å². The lowest BCUT2D eigenvalue weighted by Gasteiger charge is -2.37. The van der Waals surface area contributed by atoms with Gasteiger partial charge in [-0.15, -0.1) is 0 Å². The van der Waals surface area contributed by atoms with Crippen molar-refractivity contribution in [1.82, 2.24) is 10.2 Å². The fourth-order valence-electron chi connectivity index (χ4n) is 3.38. The van der Waals surface area contributed by atoms with E-state index >= 15 is 0 Å². The van der Waals surface area contributed by atoms with Gasteiger partial charge in [-0.1, -0.05) is 6.92 Å². The molecule has 0 bridgehead atoms. The molecule has 2 fully saturated rings. The van der Waals surface area contributed by atoms with Crippen LogP contribution in [0.2, 0.25) is 0 Å². The topological polar surface area (TPSA) is 24.5 Å². The summed E-state index contributed by atoms with van der Waals surface area (Å²) in [4.78, 5) is 2.69. The first-order valence-corrected chi connectivity index (χ1v) is 7.33. The van der Waals surface area contributed by atoms with Gasteiger partial charge in [0, 0.05) is 25.7 Å². The van der Waals surface area contributed by atoms with Gasteiger partial charge in [0.1, 0.15) is 0 Å². The molecule has 3 heteroatoms. The maximum atomic E-state index is 5.46. The molecule has 1 N–H and O–H groups in total. The molecule has 1 aliphatic carbocycles. The highest BCUT2D eigenvalue weighted by molar-refractivity contribution is 4.84. The molecule has 3 nitrogen and oxygen atoms in total. The maximum absolute atomic E-state index is 5.46. The molecule has 0 radical (unpaired) electrons. The largest absolute Gasteiger partial charge is 0.381 e. The lowest BCUT2D eigenvalue weighted by molar-refractivity contribution is 0.0378. The molecule has 0 spiro atoms. The van der Waals surface area contributed by atoms with Crippen molar-refractivity contribution in [3.05, 3.63) is 0 Å². The second-order valence-electron chi connectivity index (χ2n) is 5.55. The zero-order valence-corrected chi connectivity index (χ0v) is 11.5. The van der Waals surface area contributed by atoms with Crippen LogP contribution in [0.15, 0.2) is 0 Å². The number of ether oxygens (including phenoxy) is 1. The van der Waals surface area contributed by atoms with E-state index in [0.29, 0.717) is 6.10 Å². The van der Waals surface area contributed by atoms with Crippen molar-refractivity contribution in [2.45, 2.75) is 63.6 Å². The van der Waals surface area contributed by atoms with Crippen molar-refractivity contribution in [2.24, 2.45) is 0 Å². The predicted octanol–water partition coefficient (Wildman–Crippen LogP) is 2.02. The second-order valence-corrected chi connectivity index (χ2v) is 5.55. The number of hydrogen-bond donors (Lipinski definition) is 1. The van der Waals surface area contributed by atoms with Crippen LogP contribution >= 0.6 is 0 Å². The molecule has 17 heavy (non-hydrogen) atoms. The van der Waals surface area contributed by atoms with Gasteiger partial charge < -0.3 is 10.1 Å². The summed E-state index contributed by atoms with van der Waals surface area (Å²) in [6, 6.07) is 1.55. The van der Waals surface area contributed by atoms with Crippen LogP contribution in [-0.2, 0) is 4.74 Å². The first-order chi connectivity index (χ1) is 8.33. The molecular weight excluding hydrogens is 212 g/mol. The molecule has 0 aromatic carbocycles. The van der Waals surface area contributed by atoms with Gasteiger partial charge in [-0.25, -0.2) is 0 Å². The van der Waals surface area contributed by atoms with E-state index < -0.39 is 0 Å². The Morgan fingerprint density at radius 3 is 2.47 bits per heavy atom. The van der Waals surface area contributed by atoms with E-state index in [9.17, 15) is 0 Å². The van der Waals surface area contributed by atoms with E-state index in [4.69, 9.17) is 4.74 Å². The highest BCUT2D eigenvalue weighted by atomic mass is 16.5. The molecular formula is C14H28N2O. The van der Waals surface area contributed by atoms with Crippen LogP contribution in [-0.4, -0.2) is 49.8 Å². The molecule has 1 atom stereocenters. The lowest BCUT2D eigenvalue weighted by Crippen LogP contribution is -2.45. The van der Waals surface area contributed by atoms with Crippen LogP contribution in [0.3, 0.4) is 0 Å². The van der Waals surface area contributed by atoms with Crippen molar-refractivity contribution in [2.75, 3.05) is 26.7 Å². The summed E-state index contributed by atoms with van der Waals surface area (Å²) in [5, 5.41) is 3.61. The van der Waals surface area contributed by atoms with E-state index in [2.05, 4.69) is 17.1 Å². The number of nitrogens with zero attached hydrogens (tertiary/aromatic N) is 1. The second kappa shape index (κ2) is 6.72. The average Bonchev–Trinajstić information content (AvgIpc) is 2.89. The molecule has 1 saturated carbocycles. The van der Waals surface area contributed by atoms with Gasteiger partial charge in [0.15, 0.2) is 0 Å². The molecule has 100 valence electrons. The molecule has 2 aliphatic rings. The Morgan fingerprint density at radius 1 is 1.18 bits per heavy atom. The predicted molar refractivity (Wildman–Crippen MR) is 71.3 cm³/mol. The van der Waals surface area contributed by atoms with Crippen molar-refractivity contribution in [1.29, 1.82) is 0 Å². The highest BCUT2D eigenvalue weighted by Crippen LogP contribution is 2.25. The zero-order valence-electron chi connectivity index (χ0n) is 11.5. The van der Waals surface area contributed by atoms with Crippen molar-refractivity contribution in [3.8, 4) is 0 Å². The Balaban J connectivity index is 1.77. The van der Waals surface area contributed by atoms with E-state index in [0.717, 1.165) is 12.1 Å². The third kappa shape index (κ3) is 3.67. The lowest BCUT2D eigenvalue weighted by atomic mass is 9.91. The van der Waals surface area contributed by atoms with Crippen LogP contribution in [0.1, 0.15) is 45.4 Å². The molecule has 0 amide bonds. The summed E-state index contributed by atoms with van der Waals surface area (Å²) in [6.45, 7) is 5.97. The van der Waals surface area contributed by atoms with Gasteiger partial charge >= 0.3 is 0 Å². The first kappa shape index (κ1) is 13.3. The van der Waals surface area contributed by atoms with Gasteiger partial charge in [0.05, 0.1) is 6.10 Å². The molecule has 0 aromatic heterocycles. The van der Waals surface area contributed by atoms with Crippen LogP contribution < -0.4 is 5.32 Å². The summed E-state index contributed by atoms with van der Waals surface area (Å²) in [7, 11) is 1.85. The number of nitrogens with one attached hydrogen (secondary N) is 1. The zero-order chi connectivity index (χ0) is 12.1. The minimum Gasteiger partial charge on any atom is -0.381 e. The van der Waals surface area contributed by atoms with Crippen LogP contribution in [0.25, 0.3) is 0 Å². The Bertz CT molecular complexity index is 208. The number of likely N-dealkylation sites (N-methyl/N-ethyl adjacent to an activating group) is 1. The molecule has 1 heterocycles. The van der Waals surface area contributed by atoms with Gasteiger partial charge in [0.2, 0.25) is 0 Å². The monoisotopic (exact) mass is 240 g/mol. The molecule has 1 unspecified atom stereocenters. The van der Waals surface area contributed by atoms with E-state index in [1.54, 1.807) is 0 Å². The minimum absolute atomic E-state index is 0.523. The normalized spacial score (nSPS) is 34.4. The van der Waals surface area contributed by atoms with Crippen molar-refractivity contribution in [3.63, 3.8) is 0 Å². The van der Waals surface area contributed by atoms with Crippen LogP contribution in [0, 0.1) is 0 Å². The van der Waals surface area contributed by atoms with Gasteiger partial charge in [-0.05, 0) is 51.6 Å². The SMILES string of the molecule is CCN(CC1CCCN1)C1CCC(OC)CC1. The fraction of sp³-hybridized carbons (Fsp3) is 1.00. The standard InChI is InChI=1S/C14H28N2O/c1-3-16(11-12-5-4-10-15-12)13-6-8-14(17-2)9-7-13/h12-15H,3-11H2,1-2H3. The summed E-state index contributed by atoms with van der Waals surface area (Å²) < 4.78 is 5.46. The Hall–Kier alpha value is -0.120. The Morgan fingerprint density at radius 2 is 1.94 bits per heavy atom. The fourth-order valence-corrected chi connectivity index (χ4v) is 3.38. The van der Waals surface area contributed by atoms with Crippen molar-refractivity contribution >= 4 is 0 Å². The Labute approximate surface area is 106 Å². The first-order valence-electron chi connectivity index (χ1n) is 7.33. The van der Waals surface area contributed by atoms with E-state index in [1.165, 1.54) is 58.2 Å². The van der Waals surface area contributed by atoms with E-state index in [-0.39, 0.29) is 0 Å². The Kier molecular flexibility index (Phi) is 5.26. The van der Waals surface area contributed by atoms with Gasteiger partial charge in [0.25, 0.3) is 0 Å². The smallest absolute Gasteiger partial charge is 0.0572 e. The maximum Gasteiger partial charge on any atom is 0.0572 e. The quantitative estimate of drug-likeness (QED) is 0.795. The molecule has 0 aromatic rings. The molecule has 1 aliphatic heterocycles. The molecule has 2 rings (SSSR count). The number of rotatable bonds is 5. The third-order valence-electron chi connectivity index (χ3n) is 4.52. The van der Waals surface area contributed by atoms with Crippen LogP contribution in [0.4, 0.5) is 0 Å². The third-order valence-corrected chi connectivity index (χ3v) is 4.52. The van der Waals surface area contributed by atoms with Crippen LogP contribution in [0.5, 0.6) is 0 Å². The summed E-state index contributed by atoms with van der Waals surface area (Å²) in [5.74, 6) is 0. The molecule has 1 saturated heterocycles. The summed E-state index contributed by atoms with van der Waals surface area (Å²) in [6.07, 6.45) is 8.38. The van der Waals surface area contributed by atoms with Gasteiger partial charge in [-0.2, -0.15) is 0 Å². The van der Waals surface area contributed by atoms with Gasteiger partial charge in [-0.3, -0.25) is 4.90 Å². The number of hydrogen-bond acceptors (Lipinski definition) is 3. The summed E-state index contributed by atoms with van der Waals surface area (Å²) >= 11 is 0. The highest BCUT2D eigenvalue weighted by Gasteiger charge is 2.27. The van der Waals surface area contributed by atoms with Crippen molar-refractivity contribution < 1.29 is 4.74 Å². The number of methoxy groups -OCH3 is 1. The summed E-state index contributed by atoms with van der Waals surface area (Å²) in [5.41, 5.74) is 0. The average molecular weight is 240 g/mol.